The molecule has 208 valence electrons. The average molecular weight is 597 g/mol. The number of thioether (sulfide) groups is 2. The third kappa shape index (κ3) is 5.96. The van der Waals surface area contributed by atoms with Gasteiger partial charge in [-0.1, -0.05) is 24.4 Å². The van der Waals surface area contributed by atoms with Gasteiger partial charge < -0.3 is 10.6 Å². The Morgan fingerprint density at radius 1 is 1.21 bits per heavy atom. The van der Waals surface area contributed by atoms with Gasteiger partial charge in [0, 0.05) is 34.1 Å². The molecule has 0 saturated heterocycles. The van der Waals surface area contributed by atoms with E-state index in [-0.39, 0.29) is 31.8 Å². The Bertz CT molecular complexity index is 1350. The topological polar surface area (TPSA) is 108 Å². The lowest BCUT2D eigenvalue weighted by atomic mass is 9.91. The Hall–Kier alpha value is -1.94. The van der Waals surface area contributed by atoms with Gasteiger partial charge in [-0.15, -0.1) is 10.2 Å². The number of hydrogen-bond acceptors (Lipinski definition) is 8. The van der Waals surface area contributed by atoms with Crippen LogP contribution in [-0.2, 0) is 23.0 Å². The molecule has 15 heteroatoms. The Morgan fingerprint density at radius 2 is 1.87 bits per heavy atom. The van der Waals surface area contributed by atoms with Crippen LogP contribution < -0.4 is 10.6 Å². The summed E-state index contributed by atoms with van der Waals surface area (Å²) in [6.45, 7) is 6.90. The second-order valence-electron chi connectivity index (χ2n) is 9.43. The van der Waals surface area contributed by atoms with E-state index in [1.807, 2.05) is 0 Å². The summed E-state index contributed by atoms with van der Waals surface area (Å²) in [6, 6.07) is 1.57. The predicted molar refractivity (Wildman–Crippen MR) is 138 cm³/mol. The van der Waals surface area contributed by atoms with E-state index in [2.05, 4.69) is 21.7 Å². The van der Waals surface area contributed by atoms with E-state index in [0.29, 0.717) is 24.8 Å². The summed E-state index contributed by atoms with van der Waals surface area (Å²) in [6.07, 6.45) is -0.665. The van der Waals surface area contributed by atoms with Crippen molar-refractivity contribution in [3.05, 3.63) is 50.8 Å². The first-order valence-corrected chi connectivity index (χ1v) is 14.6. The van der Waals surface area contributed by atoms with Crippen LogP contribution in [0.2, 0.25) is 0 Å². The predicted octanol–water partition coefficient (Wildman–Crippen LogP) is 6.70. The molecule has 3 N–H and O–H groups in total. The highest BCUT2D eigenvalue weighted by atomic mass is 32.2. The lowest BCUT2D eigenvalue weighted by Crippen LogP contribution is -2.38. The largest absolute Gasteiger partial charge is 0.464 e. The van der Waals surface area contributed by atoms with E-state index >= 15 is 0 Å². The first-order chi connectivity index (χ1) is 17.5. The third-order valence-electron chi connectivity index (χ3n) is 6.35. The molecular weight excluding hydrogens is 571 g/mol. The van der Waals surface area contributed by atoms with Gasteiger partial charge in [0.05, 0.1) is 0 Å². The van der Waals surface area contributed by atoms with Crippen molar-refractivity contribution in [2.45, 2.75) is 60.9 Å². The summed E-state index contributed by atoms with van der Waals surface area (Å²) in [5, 5.41) is 3.04. The van der Waals surface area contributed by atoms with Crippen molar-refractivity contribution < 1.29 is 34.9 Å². The first kappa shape index (κ1) is 29.1. The maximum atomic E-state index is 13.6. The molecule has 0 aromatic heterocycles. The molecule has 1 unspecified atom stereocenters. The van der Waals surface area contributed by atoms with Crippen LogP contribution in [0.4, 0.5) is 33.3 Å². The molecule has 3 aliphatic rings. The number of halogens is 5. The van der Waals surface area contributed by atoms with Crippen molar-refractivity contribution in [1.29, 1.82) is 0 Å². The van der Waals surface area contributed by atoms with E-state index in [4.69, 9.17) is 5.73 Å². The zero-order valence-electron chi connectivity index (χ0n) is 20.2. The zero-order valence-corrected chi connectivity index (χ0v) is 22.6. The van der Waals surface area contributed by atoms with Gasteiger partial charge in [0.2, 0.25) is 0 Å². The lowest BCUT2D eigenvalue weighted by molar-refractivity contribution is -0.237. The lowest BCUT2D eigenvalue weighted by Gasteiger charge is -2.37. The monoisotopic (exact) mass is 596 g/mol. The quantitative estimate of drug-likeness (QED) is 0.205. The fourth-order valence-corrected chi connectivity index (χ4v) is 7.16. The Labute approximate surface area is 225 Å². The van der Waals surface area contributed by atoms with Crippen LogP contribution >= 0.6 is 23.5 Å². The van der Waals surface area contributed by atoms with Gasteiger partial charge >= 0.3 is 11.4 Å². The number of allylic oxidation sites excluding steroid dienone is 1. The van der Waals surface area contributed by atoms with Crippen molar-refractivity contribution in [1.82, 2.24) is 0 Å². The highest BCUT2D eigenvalue weighted by Gasteiger charge is 2.58. The minimum Gasteiger partial charge on any atom is -0.371 e. The summed E-state index contributed by atoms with van der Waals surface area (Å²) in [5.74, 6) is 0. The highest BCUT2D eigenvalue weighted by Crippen LogP contribution is 2.50. The van der Waals surface area contributed by atoms with E-state index in [1.165, 1.54) is 6.08 Å². The minimum atomic E-state index is -5.73. The minimum absolute atomic E-state index is 0.00367. The number of nitrogens with two attached hydrogens (primary N) is 1. The van der Waals surface area contributed by atoms with Crippen LogP contribution in [0.15, 0.2) is 54.8 Å². The standard InChI is InChI=1S/C23H25F5N4O3S3/c1-13(36-18-12-15(7-8-21(18,2)29)37-23(27,28)22(24,25)26)30-31-17-11-14-5-3-9-32-10-4-6-16(19(14)32)20(17)38(33,34)35/h7,11-12H,1,3-6,8-10,29H2,2H3,(H,33,34,35). The van der Waals surface area contributed by atoms with Crippen molar-refractivity contribution in [2.75, 3.05) is 18.0 Å². The van der Waals surface area contributed by atoms with E-state index in [9.17, 15) is 34.9 Å². The molecule has 0 spiro atoms. The van der Waals surface area contributed by atoms with Crippen LogP contribution in [0.5, 0.6) is 0 Å². The smallest absolute Gasteiger partial charge is 0.371 e. The highest BCUT2D eigenvalue weighted by molar-refractivity contribution is 8.07. The Kier molecular flexibility index (Phi) is 7.82. The molecule has 2 aliphatic heterocycles. The van der Waals surface area contributed by atoms with Crippen molar-refractivity contribution in [2.24, 2.45) is 16.0 Å². The second kappa shape index (κ2) is 10.2. The SMILES string of the molecule is C=C(N=Nc1cc2c3c(c1S(=O)(=O)O)CCCN3CCC2)SC1=CC(SC(F)(F)C(F)(F)F)=CCC1(C)N. The van der Waals surface area contributed by atoms with Gasteiger partial charge in [0.1, 0.15) is 15.6 Å². The average Bonchev–Trinajstić information content (AvgIpc) is 2.78. The molecule has 0 saturated carbocycles. The molecule has 0 radical (unpaired) electrons. The Balaban J connectivity index is 1.62. The molecule has 2 heterocycles. The molecule has 1 aromatic carbocycles. The van der Waals surface area contributed by atoms with Crippen LogP contribution in [-0.4, -0.2) is 43.0 Å². The summed E-state index contributed by atoms with van der Waals surface area (Å²) < 4.78 is 99.8. The van der Waals surface area contributed by atoms with Crippen LogP contribution in [0.1, 0.15) is 37.3 Å². The number of benzene rings is 1. The van der Waals surface area contributed by atoms with Gasteiger partial charge in [-0.2, -0.15) is 30.4 Å². The molecule has 4 rings (SSSR count). The molecule has 1 atom stereocenters. The molecule has 0 bridgehead atoms. The molecule has 7 nitrogen and oxygen atoms in total. The van der Waals surface area contributed by atoms with E-state index in [0.717, 1.165) is 48.6 Å². The molecule has 1 aliphatic carbocycles. The molecule has 0 fully saturated rings. The molecule has 38 heavy (non-hydrogen) atoms. The molecular formula is C23H25F5N4O3S3. The molecule has 1 aromatic rings. The number of aryl methyl sites for hydroxylation is 1. The number of hydrogen-bond donors (Lipinski definition) is 2. The normalized spacial score (nSPS) is 22.3. The fraction of sp³-hybridized carbons (Fsp3) is 0.478. The van der Waals surface area contributed by atoms with Crippen LogP contribution in [0.3, 0.4) is 0 Å². The number of alkyl halides is 5. The number of nitrogens with zero attached hydrogens (tertiary/aromatic N) is 3. The summed E-state index contributed by atoms with van der Waals surface area (Å²) >= 11 is 0.203. The van der Waals surface area contributed by atoms with Crippen LogP contribution in [0.25, 0.3) is 0 Å². The van der Waals surface area contributed by atoms with E-state index < -0.39 is 38.8 Å². The number of azo groups is 1. The summed E-state index contributed by atoms with van der Waals surface area (Å²) in [4.78, 5) is 1.71. The summed E-state index contributed by atoms with van der Waals surface area (Å²) in [5.41, 5.74) is 7.26. The first-order valence-electron chi connectivity index (χ1n) is 11.5. The number of rotatable bonds is 7. The van der Waals surface area contributed by atoms with Gasteiger partial charge in [0.25, 0.3) is 10.1 Å². The molecule has 0 amide bonds. The van der Waals surface area contributed by atoms with Crippen LogP contribution in [0, 0.1) is 0 Å². The van der Waals surface area contributed by atoms with Crippen molar-refractivity contribution in [3.8, 4) is 0 Å². The van der Waals surface area contributed by atoms with Gasteiger partial charge in [0.15, 0.2) is 0 Å². The maximum Gasteiger partial charge on any atom is 0.464 e. The summed E-state index contributed by atoms with van der Waals surface area (Å²) in [7, 11) is -4.65. The van der Waals surface area contributed by atoms with Gasteiger partial charge in [-0.05, 0) is 74.1 Å². The van der Waals surface area contributed by atoms with Gasteiger partial charge in [-0.3, -0.25) is 4.55 Å². The van der Waals surface area contributed by atoms with Crippen molar-refractivity contribution in [3.63, 3.8) is 0 Å². The third-order valence-corrected chi connectivity index (χ3v) is 9.45. The van der Waals surface area contributed by atoms with Gasteiger partial charge in [-0.25, -0.2) is 0 Å². The van der Waals surface area contributed by atoms with Crippen molar-refractivity contribution >= 4 is 45.0 Å². The maximum absolute atomic E-state index is 13.6. The van der Waals surface area contributed by atoms with E-state index in [1.54, 1.807) is 13.0 Å². The Morgan fingerprint density at radius 3 is 2.50 bits per heavy atom. The number of anilines is 1. The fourth-order valence-electron chi connectivity index (χ4n) is 4.62. The second-order valence-corrected chi connectivity index (χ2v) is 13.1. The zero-order chi connectivity index (χ0) is 28.1.